The summed E-state index contributed by atoms with van der Waals surface area (Å²) in [5, 5.41) is 5.59. The molecule has 0 saturated carbocycles. The van der Waals surface area contributed by atoms with E-state index in [1.807, 2.05) is 24.3 Å². The molecule has 7 nitrogen and oxygen atoms in total. The molecule has 0 saturated heterocycles. The van der Waals surface area contributed by atoms with Crippen molar-refractivity contribution >= 4 is 17.9 Å². The number of ether oxygens (including phenoxy) is 1. The zero-order chi connectivity index (χ0) is 27.0. The normalized spacial score (nSPS) is 12.1. The van der Waals surface area contributed by atoms with E-state index in [-0.39, 0.29) is 18.4 Å². The maximum atomic E-state index is 13.4. The van der Waals surface area contributed by atoms with Crippen LogP contribution in [-0.4, -0.2) is 48.0 Å². The van der Waals surface area contributed by atoms with Crippen LogP contribution in [0.15, 0.2) is 24.3 Å². The van der Waals surface area contributed by atoms with Gasteiger partial charge in [0.25, 0.3) is 0 Å². The second-order valence-corrected chi connectivity index (χ2v) is 10.4. The van der Waals surface area contributed by atoms with Gasteiger partial charge in [-0.15, -0.1) is 0 Å². The molecule has 0 radical (unpaired) electrons. The van der Waals surface area contributed by atoms with Crippen LogP contribution >= 0.6 is 0 Å². The second kappa shape index (κ2) is 17.0. The van der Waals surface area contributed by atoms with Crippen molar-refractivity contribution in [1.82, 2.24) is 15.5 Å². The van der Waals surface area contributed by atoms with Crippen LogP contribution in [0.1, 0.15) is 110 Å². The number of amides is 3. The highest BCUT2D eigenvalue weighted by molar-refractivity contribution is 5.90. The van der Waals surface area contributed by atoms with Gasteiger partial charge in [-0.05, 0) is 51.2 Å². The van der Waals surface area contributed by atoms with Crippen LogP contribution in [0.5, 0.6) is 0 Å². The zero-order valence-corrected chi connectivity index (χ0v) is 23.5. The molecular formula is C29H49N3O4. The van der Waals surface area contributed by atoms with Crippen molar-refractivity contribution in [2.24, 2.45) is 0 Å². The van der Waals surface area contributed by atoms with Crippen LogP contribution in [0.4, 0.5) is 4.79 Å². The molecule has 1 aromatic rings. The summed E-state index contributed by atoms with van der Waals surface area (Å²) in [6.07, 6.45) is 8.53. The molecule has 1 aromatic carbocycles. The first-order valence-electron chi connectivity index (χ1n) is 13.8. The van der Waals surface area contributed by atoms with E-state index in [2.05, 4.69) is 31.4 Å². The molecular weight excluding hydrogens is 454 g/mol. The first kappa shape index (κ1) is 31.5. The molecule has 0 aliphatic heterocycles. The molecule has 3 amide bonds. The molecule has 204 valence electrons. The van der Waals surface area contributed by atoms with Crippen molar-refractivity contribution in [3.05, 3.63) is 35.4 Å². The summed E-state index contributed by atoms with van der Waals surface area (Å²) in [6, 6.07) is 7.13. The number of nitrogens with zero attached hydrogens (tertiary/aromatic N) is 1. The van der Waals surface area contributed by atoms with Crippen molar-refractivity contribution in [1.29, 1.82) is 0 Å². The third-order valence-electron chi connectivity index (χ3n) is 5.95. The van der Waals surface area contributed by atoms with Gasteiger partial charge < -0.3 is 20.3 Å². The molecule has 0 spiro atoms. The predicted octanol–water partition coefficient (Wildman–Crippen LogP) is 5.92. The van der Waals surface area contributed by atoms with E-state index in [0.29, 0.717) is 13.1 Å². The van der Waals surface area contributed by atoms with Crippen molar-refractivity contribution in [2.75, 3.05) is 19.6 Å². The maximum Gasteiger partial charge on any atom is 0.408 e. The van der Waals surface area contributed by atoms with Crippen LogP contribution in [-0.2, 0) is 20.7 Å². The van der Waals surface area contributed by atoms with Gasteiger partial charge in [0.1, 0.15) is 18.2 Å². The minimum Gasteiger partial charge on any atom is -0.444 e. The zero-order valence-electron chi connectivity index (χ0n) is 23.5. The third-order valence-corrected chi connectivity index (χ3v) is 5.95. The molecule has 7 heteroatoms. The van der Waals surface area contributed by atoms with Crippen LogP contribution in [0.3, 0.4) is 0 Å². The van der Waals surface area contributed by atoms with Gasteiger partial charge >= 0.3 is 6.09 Å². The van der Waals surface area contributed by atoms with Crippen LogP contribution in [0.2, 0.25) is 0 Å². The molecule has 2 N–H and O–H groups in total. The molecule has 36 heavy (non-hydrogen) atoms. The van der Waals surface area contributed by atoms with Gasteiger partial charge in [-0.3, -0.25) is 9.59 Å². The Labute approximate surface area is 218 Å². The Morgan fingerprint density at radius 3 is 2.06 bits per heavy atom. The Morgan fingerprint density at radius 2 is 1.47 bits per heavy atom. The molecule has 0 aliphatic rings. The van der Waals surface area contributed by atoms with E-state index in [9.17, 15) is 14.4 Å². The van der Waals surface area contributed by atoms with Gasteiger partial charge in [-0.1, -0.05) is 83.6 Å². The Morgan fingerprint density at radius 1 is 0.861 bits per heavy atom. The number of nitrogens with one attached hydrogen (secondary N) is 2. The van der Waals surface area contributed by atoms with Gasteiger partial charge in [-0.25, -0.2) is 4.79 Å². The highest BCUT2D eigenvalue weighted by atomic mass is 16.6. The lowest BCUT2D eigenvalue weighted by Crippen LogP contribution is -2.48. The number of aryl methyl sites for hydroxylation is 1. The van der Waals surface area contributed by atoms with E-state index in [4.69, 9.17) is 4.74 Å². The van der Waals surface area contributed by atoms with Gasteiger partial charge in [0.15, 0.2) is 0 Å². The lowest BCUT2D eigenvalue weighted by atomic mass is 10.0. The molecule has 1 unspecified atom stereocenters. The summed E-state index contributed by atoms with van der Waals surface area (Å²) < 4.78 is 5.29. The first-order valence-corrected chi connectivity index (χ1v) is 13.8. The summed E-state index contributed by atoms with van der Waals surface area (Å²) in [5.41, 5.74) is 1.29. The fourth-order valence-electron chi connectivity index (χ4n) is 3.92. The summed E-state index contributed by atoms with van der Waals surface area (Å²) >= 11 is 0. The smallest absolute Gasteiger partial charge is 0.408 e. The number of unbranched alkanes of at least 4 members (excludes halogenated alkanes) is 6. The number of rotatable bonds is 16. The molecule has 1 rings (SSSR count). The lowest BCUT2D eigenvalue weighted by molar-refractivity contribution is -0.140. The predicted molar refractivity (Wildman–Crippen MR) is 146 cm³/mol. The minimum absolute atomic E-state index is 0.190. The molecule has 0 bridgehead atoms. The second-order valence-electron chi connectivity index (χ2n) is 10.4. The van der Waals surface area contributed by atoms with E-state index < -0.39 is 17.7 Å². The minimum atomic E-state index is -0.753. The van der Waals surface area contributed by atoms with E-state index in [1.54, 1.807) is 25.7 Å². The fraction of sp³-hybridized carbons (Fsp3) is 0.690. The topological polar surface area (TPSA) is 87.7 Å². The highest BCUT2D eigenvalue weighted by Gasteiger charge is 2.31. The van der Waals surface area contributed by atoms with E-state index in [1.165, 1.54) is 24.8 Å². The standard InChI is InChI=1S/C29H49N3O4/c1-7-10-12-13-14-15-21-32(25(33)22-31-28(35)36-29(4,5)6)26(27(34)30-20-11-8-2)24-18-16-23(9-3)17-19-24/h16-19,26H,7-15,20-22H2,1-6H3,(H,30,34)(H,31,35). The SMILES string of the molecule is CCCCCCCCN(C(=O)CNC(=O)OC(C)(C)C)C(C(=O)NCCCC)c1ccc(CC)cc1. The summed E-state index contributed by atoms with van der Waals surface area (Å²) in [5.74, 6) is -0.492. The van der Waals surface area contributed by atoms with Gasteiger partial charge in [0.2, 0.25) is 11.8 Å². The Hall–Kier alpha value is -2.57. The van der Waals surface area contributed by atoms with Crippen molar-refractivity contribution < 1.29 is 19.1 Å². The quantitative estimate of drug-likeness (QED) is 0.274. The number of hydrogen-bond donors (Lipinski definition) is 2. The van der Waals surface area contributed by atoms with Gasteiger partial charge in [0, 0.05) is 13.1 Å². The third kappa shape index (κ3) is 12.4. The van der Waals surface area contributed by atoms with E-state index >= 15 is 0 Å². The summed E-state index contributed by atoms with van der Waals surface area (Å²) in [4.78, 5) is 40.6. The monoisotopic (exact) mass is 503 g/mol. The largest absolute Gasteiger partial charge is 0.444 e. The molecule has 0 aliphatic carbocycles. The Kier molecular flexibility index (Phi) is 14.8. The highest BCUT2D eigenvalue weighted by Crippen LogP contribution is 2.24. The summed E-state index contributed by atoms with van der Waals surface area (Å²) in [6.45, 7) is 12.4. The molecule has 1 atom stereocenters. The van der Waals surface area contributed by atoms with Crippen molar-refractivity contribution in [3.63, 3.8) is 0 Å². The number of alkyl carbamates (subject to hydrolysis) is 1. The van der Waals surface area contributed by atoms with Crippen LogP contribution < -0.4 is 10.6 Å². The maximum absolute atomic E-state index is 13.4. The molecule has 0 aromatic heterocycles. The molecule has 0 fully saturated rings. The van der Waals surface area contributed by atoms with Crippen molar-refractivity contribution in [3.8, 4) is 0 Å². The average molecular weight is 504 g/mol. The van der Waals surface area contributed by atoms with Gasteiger partial charge in [0.05, 0.1) is 0 Å². The van der Waals surface area contributed by atoms with Gasteiger partial charge in [-0.2, -0.15) is 0 Å². The number of carbonyl (C=O) groups is 3. The number of benzene rings is 1. The first-order chi connectivity index (χ1) is 17.1. The Bertz CT molecular complexity index is 787. The lowest BCUT2D eigenvalue weighted by Gasteiger charge is -2.32. The number of hydrogen-bond acceptors (Lipinski definition) is 4. The Balaban J connectivity index is 3.12. The van der Waals surface area contributed by atoms with Crippen LogP contribution in [0, 0.1) is 0 Å². The fourth-order valence-corrected chi connectivity index (χ4v) is 3.92. The average Bonchev–Trinajstić information content (AvgIpc) is 2.83. The number of carbonyl (C=O) groups excluding carboxylic acids is 3. The van der Waals surface area contributed by atoms with E-state index in [0.717, 1.165) is 44.1 Å². The van der Waals surface area contributed by atoms with Crippen molar-refractivity contribution in [2.45, 2.75) is 111 Å². The van der Waals surface area contributed by atoms with Crippen LogP contribution in [0.25, 0.3) is 0 Å². The molecule has 0 heterocycles. The summed E-state index contributed by atoms with van der Waals surface area (Å²) in [7, 11) is 0.